The minimum absolute atomic E-state index is 0.307. The first-order valence-electron chi connectivity index (χ1n) is 14.4. The topological polar surface area (TPSA) is 79.8 Å². The Morgan fingerprint density at radius 3 is 2.52 bits per heavy atom. The number of carbonyl (C=O) groups excluding carboxylic acids is 1. The Hall–Kier alpha value is -4.14. The molecule has 1 saturated heterocycles. The second kappa shape index (κ2) is 14.2. The molecule has 3 aromatic carbocycles. The van der Waals surface area contributed by atoms with Crippen LogP contribution in [0.15, 0.2) is 79.0 Å². The number of aryl methyl sites for hydroxylation is 2. The minimum atomic E-state index is -0.634. The van der Waals surface area contributed by atoms with Gasteiger partial charge in [-0.3, -0.25) is 0 Å². The molecule has 1 aliphatic heterocycles. The van der Waals surface area contributed by atoms with E-state index in [-0.39, 0.29) is 0 Å². The van der Waals surface area contributed by atoms with E-state index in [2.05, 4.69) is 20.2 Å². The highest BCUT2D eigenvalue weighted by Crippen LogP contribution is 2.33. The Bertz CT molecular complexity index is 1490. The highest BCUT2D eigenvalue weighted by Gasteiger charge is 2.25. The van der Waals surface area contributed by atoms with E-state index in [1.807, 2.05) is 56.3 Å². The van der Waals surface area contributed by atoms with Crippen LogP contribution in [0.5, 0.6) is 11.5 Å². The van der Waals surface area contributed by atoms with Gasteiger partial charge in [-0.1, -0.05) is 54.4 Å². The molecule has 0 spiro atoms. The van der Waals surface area contributed by atoms with Gasteiger partial charge < -0.3 is 19.7 Å². The van der Waals surface area contributed by atoms with Crippen LogP contribution >= 0.6 is 11.6 Å². The molecule has 8 nitrogen and oxygen atoms in total. The highest BCUT2D eigenvalue weighted by atomic mass is 35.5. The van der Waals surface area contributed by atoms with E-state index in [4.69, 9.17) is 21.1 Å². The quantitative estimate of drug-likeness (QED) is 0.188. The summed E-state index contributed by atoms with van der Waals surface area (Å²) < 4.78 is 11.9. The lowest BCUT2D eigenvalue weighted by molar-refractivity contribution is 0.205. The van der Waals surface area contributed by atoms with Crippen LogP contribution in [0.1, 0.15) is 36.8 Å². The van der Waals surface area contributed by atoms with Crippen molar-refractivity contribution >= 4 is 40.8 Å². The monoisotopic (exact) mass is 585 g/mol. The van der Waals surface area contributed by atoms with Crippen LogP contribution in [0.25, 0.3) is 0 Å². The van der Waals surface area contributed by atoms with Crippen LogP contribution in [0.2, 0.25) is 5.02 Å². The number of para-hydroxylation sites is 2. The smallest absolute Gasteiger partial charge is 0.425 e. The van der Waals surface area contributed by atoms with E-state index in [0.29, 0.717) is 34.8 Å². The van der Waals surface area contributed by atoms with Gasteiger partial charge in [0.1, 0.15) is 17.3 Å². The second-order valence-electron chi connectivity index (χ2n) is 10.4. The van der Waals surface area contributed by atoms with Gasteiger partial charge in [-0.15, -0.1) is 0 Å². The lowest BCUT2D eigenvalue weighted by Gasteiger charge is -2.26. The van der Waals surface area contributed by atoms with E-state index in [1.165, 1.54) is 37.3 Å². The zero-order valence-corrected chi connectivity index (χ0v) is 24.8. The van der Waals surface area contributed by atoms with E-state index in [9.17, 15) is 4.79 Å². The first-order chi connectivity index (χ1) is 20.5. The van der Waals surface area contributed by atoms with Crippen LogP contribution in [0, 0.1) is 13.8 Å². The first-order valence-corrected chi connectivity index (χ1v) is 14.7. The van der Waals surface area contributed by atoms with E-state index in [1.54, 1.807) is 36.5 Å². The maximum atomic E-state index is 13.7. The average Bonchev–Trinajstić information content (AvgIpc) is 2.99. The van der Waals surface area contributed by atoms with Crippen molar-refractivity contribution in [3.8, 4) is 11.5 Å². The number of halogens is 1. The molecule has 0 unspecified atom stereocenters. The van der Waals surface area contributed by atoms with Gasteiger partial charge in [0.05, 0.1) is 17.3 Å². The summed E-state index contributed by atoms with van der Waals surface area (Å²) in [5.41, 5.74) is 2.91. The van der Waals surface area contributed by atoms with Crippen LogP contribution < -0.4 is 19.7 Å². The van der Waals surface area contributed by atoms with Crippen molar-refractivity contribution in [3.63, 3.8) is 0 Å². The number of amides is 1. The number of aromatic nitrogens is 2. The summed E-state index contributed by atoms with van der Waals surface area (Å²) in [7, 11) is 0. The highest BCUT2D eigenvalue weighted by molar-refractivity contribution is 6.34. The molecule has 0 saturated carbocycles. The number of piperidine rings is 1. The van der Waals surface area contributed by atoms with Crippen LogP contribution in [-0.4, -0.2) is 47.2 Å². The minimum Gasteiger partial charge on any atom is -0.493 e. The molecule has 5 rings (SSSR count). The number of nitrogens with zero attached hydrogens (tertiary/aromatic N) is 4. The van der Waals surface area contributed by atoms with Crippen molar-refractivity contribution in [2.75, 3.05) is 36.5 Å². The number of anilines is 4. The van der Waals surface area contributed by atoms with Gasteiger partial charge in [0.15, 0.2) is 0 Å². The number of nitrogens with one attached hydrogen (secondary N) is 1. The maximum absolute atomic E-state index is 13.7. The summed E-state index contributed by atoms with van der Waals surface area (Å²) in [6.07, 6.45) is 5.86. The Morgan fingerprint density at radius 1 is 0.976 bits per heavy atom. The molecule has 0 atom stereocenters. The number of rotatable bonds is 10. The fourth-order valence-corrected chi connectivity index (χ4v) is 5.25. The largest absolute Gasteiger partial charge is 0.493 e. The molecule has 42 heavy (non-hydrogen) atoms. The molecule has 1 aliphatic rings. The number of hydrogen-bond acceptors (Lipinski definition) is 7. The molecule has 0 radical (unpaired) electrons. The molecule has 1 aromatic heterocycles. The third kappa shape index (κ3) is 7.57. The third-order valence-corrected chi connectivity index (χ3v) is 7.49. The first kappa shape index (κ1) is 29.4. The molecule has 218 valence electrons. The summed E-state index contributed by atoms with van der Waals surface area (Å²) in [6, 6.07) is 22.1. The number of likely N-dealkylation sites (tertiary alicyclic amines) is 1. The standard InChI is InChI=1S/C33H36ClN5O3/c1-24-11-8-12-25(2)31(24)42-33(40)39(29-16-5-4-15-28(29)34)30-17-18-35-32(37-30)36-26-13-9-14-27(23-26)41-22-10-21-38-19-6-3-7-20-38/h4-5,8-9,11-18,23H,3,6-7,10,19-22H2,1-2H3,(H,35,36,37). The van der Waals surface area contributed by atoms with Gasteiger partial charge in [0.2, 0.25) is 5.95 Å². The molecular formula is C33H36ClN5O3. The summed E-state index contributed by atoms with van der Waals surface area (Å²) >= 11 is 6.54. The number of ether oxygens (including phenoxy) is 2. The van der Waals surface area contributed by atoms with E-state index >= 15 is 0 Å². The number of benzene rings is 3. The van der Waals surface area contributed by atoms with Gasteiger partial charge in [-0.25, -0.2) is 14.7 Å². The predicted molar refractivity (Wildman–Crippen MR) is 168 cm³/mol. The summed E-state index contributed by atoms with van der Waals surface area (Å²) in [5.74, 6) is 1.89. The van der Waals surface area contributed by atoms with Crippen molar-refractivity contribution in [1.29, 1.82) is 0 Å². The number of carbonyl (C=O) groups is 1. The SMILES string of the molecule is Cc1cccc(C)c1OC(=O)N(c1ccnc(Nc2cccc(OCCCN3CCCCC3)c2)n1)c1ccccc1Cl. The molecule has 0 aliphatic carbocycles. The fourth-order valence-electron chi connectivity index (χ4n) is 5.03. The van der Waals surface area contributed by atoms with E-state index in [0.717, 1.165) is 35.5 Å². The third-order valence-electron chi connectivity index (χ3n) is 7.17. The van der Waals surface area contributed by atoms with Gasteiger partial charge in [0.25, 0.3) is 0 Å². The summed E-state index contributed by atoms with van der Waals surface area (Å²) in [5, 5.41) is 3.62. The molecule has 0 bridgehead atoms. The fraction of sp³-hybridized carbons (Fsp3) is 0.303. The van der Waals surface area contributed by atoms with Crippen molar-refractivity contribution in [2.24, 2.45) is 0 Å². The zero-order chi connectivity index (χ0) is 29.3. The molecule has 4 aromatic rings. The van der Waals surface area contributed by atoms with Crippen molar-refractivity contribution < 1.29 is 14.3 Å². The average molecular weight is 586 g/mol. The summed E-state index contributed by atoms with van der Waals surface area (Å²) in [6.45, 7) is 7.89. The van der Waals surface area contributed by atoms with Gasteiger partial charge in [-0.2, -0.15) is 4.98 Å². The van der Waals surface area contributed by atoms with Crippen molar-refractivity contribution in [3.05, 3.63) is 95.1 Å². The van der Waals surface area contributed by atoms with Crippen LogP contribution in [0.4, 0.5) is 27.9 Å². The Labute approximate surface area is 252 Å². The Balaban J connectivity index is 1.31. The van der Waals surface area contributed by atoms with Gasteiger partial charge in [0, 0.05) is 30.6 Å². The Morgan fingerprint density at radius 2 is 1.74 bits per heavy atom. The van der Waals surface area contributed by atoms with Crippen molar-refractivity contribution in [2.45, 2.75) is 39.5 Å². The van der Waals surface area contributed by atoms with E-state index < -0.39 is 6.09 Å². The Kier molecular flexibility index (Phi) is 9.90. The normalized spacial score (nSPS) is 13.4. The lowest BCUT2D eigenvalue weighted by atomic mass is 10.1. The van der Waals surface area contributed by atoms with Crippen LogP contribution in [-0.2, 0) is 0 Å². The lowest BCUT2D eigenvalue weighted by Crippen LogP contribution is -2.31. The molecule has 9 heteroatoms. The predicted octanol–water partition coefficient (Wildman–Crippen LogP) is 8.08. The van der Waals surface area contributed by atoms with Crippen molar-refractivity contribution in [1.82, 2.24) is 14.9 Å². The molecular weight excluding hydrogens is 550 g/mol. The summed E-state index contributed by atoms with van der Waals surface area (Å²) in [4.78, 5) is 26.5. The zero-order valence-electron chi connectivity index (χ0n) is 24.1. The second-order valence-corrected chi connectivity index (χ2v) is 10.8. The van der Waals surface area contributed by atoms with Crippen LogP contribution in [0.3, 0.4) is 0 Å². The van der Waals surface area contributed by atoms with Gasteiger partial charge in [-0.05, 0) is 81.6 Å². The van der Waals surface area contributed by atoms with Gasteiger partial charge >= 0.3 is 6.09 Å². The number of hydrogen-bond donors (Lipinski definition) is 1. The molecule has 1 amide bonds. The molecule has 2 heterocycles. The molecule has 1 N–H and O–H groups in total. The maximum Gasteiger partial charge on any atom is 0.425 e. The molecule has 1 fully saturated rings.